The van der Waals surface area contributed by atoms with Crippen molar-refractivity contribution in [1.82, 2.24) is 4.72 Å². The van der Waals surface area contributed by atoms with Crippen LogP contribution in [0, 0.1) is 5.92 Å². The Labute approximate surface area is 93.7 Å². The summed E-state index contributed by atoms with van der Waals surface area (Å²) in [6.07, 6.45) is 3.39. The molecule has 0 radical (unpaired) electrons. The van der Waals surface area contributed by atoms with E-state index in [2.05, 4.69) is 18.6 Å². The highest BCUT2D eigenvalue weighted by Gasteiger charge is 2.08. The molecule has 0 spiro atoms. The first kappa shape index (κ1) is 14.9. The maximum absolute atomic E-state index is 11.4. The highest BCUT2D eigenvalue weighted by atomic mass is 32.2. The van der Waals surface area contributed by atoms with Crippen LogP contribution in [0.2, 0.25) is 0 Å². The van der Waals surface area contributed by atoms with Gasteiger partial charge in [0.15, 0.2) is 0 Å². The van der Waals surface area contributed by atoms with Gasteiger partial charge in [0.05, 0.1) is 5.75 Å². The minimum absolute atomic E-state index is 0.200. The summed E-state index contributed by atoms with van der Waals surface area (Å²) in [5, 5.41) is 0. The maximum Gasteiger partial charge on any atom is 0.211 e. The van der Waals surface area contributed by atoms with Crippen LogP contribution in [0.5, 0.6) is 0 Å². The van der Waals surface area contributed by atoms with Gasteiger partial charge in [-0.1, -0.05) is 13.8 Å². The number of nitrogens with two attached hydrogens (primary N) is 1. The highest BCUT2D eigenvalue weighted by molar-refractivity contribution is 7.89. The van der Waals surface area contributed by atoms with E-state index in [0.717, 1.165) is 19.3 Å². The lowest BCUT2D eigenvalue weighted by Gasteiger charge is -2.07. The third-order valence-corrected chi connectivity index (χ3v) is 3.62. The van der Waals surface area contributed by atoms with Gasteiger partial charge >= 0.3 is 0 Å². The van der Waals surface area contributed by atoms with Crippen molar-refractivity contribution in [3.05, 3.63) is 0 Å². The van der Waals surface area contributed by atoms with E-state index in [9.17, 15) is 8.42 Å². The zero-order valence-corrected chi connectivity index (χ0v) is 10.6. The fourth-order valence-corrected chi connectivity index (χ4v) is 2.43. The molecule has 0 aromatic rings. The molecule has 5 heteroatoms. The Balaban J connectivity index is 3.56. The van der Waals surface area contributed by atoms with Crippen molar-refractivity contribution >= 4 is 10.0 Å². The van der Waals surface area contributed by atoms with Gasteiger partial charge in [0, 0.05) is 6.54 Å². The second kappa shape index (κ2) is 8.07. The first-order valence-corrected chi connectivity index (χ1v) is 7.30. The Morgan fingerprint density at radius 2 is 1.87 bits per heavy atom. The van der Waals surface area contributed by atoms with Crippen LogP contribution in [0.3, 0.4) is 0 Å². The number of rotatable bonds is 9. The summed E-state index contributed by atoms with van der Waals surface area (Å²) in [5.41, 5.74) is 5.30. The Kier molecular flexibility index (Phi) is 8.00. The highest BCUT2D eigenvalue weighted by Crippen LogP contribution is 2.02. The zero-order valence-electron chi connectivity index (χ0n) is 9.83. The Morgan fingerprint density at radius 1 is 1.20 bits per heavy atom. The molecular formula is C10H24N2O2S. The van der Waals surface area contributed by atoms with Crippen molar-refractivity contribution in [2.45, 2.75) is 39.5 Å². The molecule has 3 N–H and O–H groups in total. The largest absolute Gasteiger partial charge is 0.330 e. The summed E-state index contributed by atoms with van der Waals surface area (Å²) >= 11 is 0. The lowest BCUT2D eigenvalue weighted by atomic mass is 10.1. The Bertz CT molecular complexity index is 238. The molecule has 0 aliphatic rings. The lowest BCUT2D eigenvalue weighted by molar-refractivity contribution is 0.538. The lowest BCUT2D eigenvalue weighted by Crippen LogP contribution is -2.27. The molecule has 0 aliphatic heterocycles. The second-order valence-corrected chi connectivity index (χ2v) is 6.17. The van der Waals surface area contributed by atoms with Crippen molar-refractivity contribution < 1.29 is 8.42 Å². The van der Waals surface area contributed by atoms with Crippen LogP contribution in [-0.2, 0) is 10.0 Å². The van der Waals surface area contributed by atoms with E-state index in [-0.39, 0.29) is 5.75 Å². The fraction of sp³-hybridized carbons (Fsp3) is 1.00. The summed E-state index contributed by atoms with van der Waals surface area (Å²) in [5.74, 6) is 0.832. The number of sulfonamides is 1. The molecule has 0 heterocycles. The van der Waals surface area contributed by atoms with Gasteiger partial charge in [-0.3, -0.25) is 0 Å². The average Bonchev–Trinajstić information content (AvgIpc) is 2.13. The second-order valence-electron chi connectivity index (χ2n) is 4.25. The zero-order chi connectivity index (χ0) is 11.7. The van der Waals surface area contributed by atoms with Gasteiger partial charge in [0.1, 0.15) is 0 Å². The van der Waals surface area contributed by atoms with Crippen LogP contribution in [0.1, 0.15) is 39.5 Å². The summed E-state index contributed by atoms with van der Waals surface area (Å²) in [7, 11) is -3.06. The number of hydrogen-bond donors (Lipinski definition) is 2. The molecule has 0 bridgehead atoms. The van der Waals surface area contributed by atoms with Gasteiger partial charge in [-0.15, -0.1) is 0 Å². The molecule has 15 heavy (non-hydrogen) atoms. The van der Waals surface area contributed by atoms with Crippen LogP contribution in [0.25, 0.3) is 0 Å². The number of unbranched alkanes of at least 4 members (excludes halogenated alkanes) is 1. The summed E-state index contributed by atoms with van der Waals surface area (Å²) in [6.45, 7) is 5.39. The van der Waals surface area contributed by atoms with Gasteiger partial charge in [-0.2, -0.15) is 0 Å². The van der Waals surface area contributed by atoms with E-state index in [1.54, 1.807) is 0 Å². The van der Waals surface area contributed by atoms with E-state index in [1.807, 2.05) is 0 Å². The smallest absolute Gasteiger partial charge is 0.211 e. The van der Waals surface area contributed by atoms with Gasteiger partial charge in [-0.05, 0) is 38.1 Å². The molecule has 92 valence electrons. The Morgan fingerprint density at radius 3 is 2.40 bits per heavy atom. The number of nitrogens with one attached hydrogen (secondary N) is 1. The van der Waals surface area contributed by atoms with Crippen LogP contribution in [0.4, 0.5) is 0 Å². The van der Waals surface area contributed by atoms with E-state index in [1.165, 1.54) is 0 Å². The third kappa shape index (κ3) is 10.2. The molecule has 0 aliphatic carbocycles. The van der Waals surface area contributed by atoms with Gasteiger partial charge in [-0.25, -0.2) is 13.1 Å². The molecule has 0 unspecified atom stereocenters. The van der Waals surface area contributed by atoms with E-state index in [0.29, 0.717) is 25.4 Å². The standard InChI is InChI=1S/C10H24N2O2S/c1-10(2)6-5-8-12-15(13,14)9-4-3-7-11/h10,12H,3-9,11H2,1-2H3. The quantitative estimate of drug-likeness (QED) is 0.588. The molecule has 0 rings (SSSR count). The van der Waals surface area contributed by atoms with E-state index in [4.69, 9.17) is 5.73 Å². The van der Waals surface area contributed by atoms with Crippen LogP contribution in [-0.4, -0.2) is 27.3 Å². The summed E-state index contributed by atoms with van der Waals surface area (Å²) in [4.78, 5) is 0. The minimum atomic E-state index is -3.06. The van der Waals surface area contributed by atoms with Gasteiger partial charge in [0.2, 0.25) is 10.0 Å². The van der Waals surface area contributed by atoms with Crippen molar-refractivity contribution in [3.63, 3.8) is 0 Å². The summed E-state index contributed by atoms with van der Waals surface area (Å²) < 4.78 is 25.4. The van der Waals surface area contributed by atoms with Crippen LogP contribution < -0.4 is 10.5 Å². The molecular weight excluding hydrogens is 212 g/mol. The first-order chi connectivity index (χ1) is 6.98. The SMILES string of the molecule is CC(C)CCCNS(=O)(=O)CCCCN. The van der Waals surface area contributed by atoms with Crippen molar-refractivity contribution in [2.24, 2.45) is 11.7 Å². The molecule has 0 amide bonds. The van der Waals surface area contributed by atoms with Crippen molar-refractivity contribution in [3.8, 4) is 0 Å². The maximum atomic E-state index is 11.4. The predicted octanol–water partition coefficient (Wildman–Crippen LogP) is 1.08. The van der Waals surface area contributed by atoms with Gasteiger partial charge in [0.25, 0.3) is 0 Å². The van der Waals surface area contributed by atoms with Crippen LogP contribution in [0.15, 0.2) is 0 Å². The monoisotopic (exact) mass is 236 g/mol. The van der Waals surface area contributed by atoms with Crippen molar-refractivity contribution in [1.29, 1.82) is 0 Å². The predicted molar refractivity (Wildman–Crippen MR) is 64.1 cm³/mol. The molecule has 0 atom stereocenters. The van der Waals surface area contributed by atoms with E-state index >= 15 is 0 Å². The summed E-state index contributed by atoms with van der Waals surface area (Å²) in [6, 6.07) is 0. The molecule has 0 saturated heterocycles. The molecule has 4 nitrogen and oxygen atoms in total. The molecule has 0 fully saturated rings. The third-order valence-electron chi connectivity index (χ3n) is 2.15. The molecule has 0 aromatic heterocycles. The first-order valence-electron chi connectivity index (χ1n) is 5.65. The Hall–Kier alpha value is -0.130. The topological polar surface area (TPSA) is 72.2 Å². The van der Waals surface area contributed by atoms with Crippen LogP contribution >= 0.6 is 0 Å². The normalized spacial score (nSPS) is 12.3. The minimum Gasteiger partial charge on any atom is -0.330 e. The van der Waals surface area contributed by atoms with E-state index < -0.39 is 10.0 Å². The number of hydrogen-bond acceptors (Lipinski definition) is 3. The fourth-order valence-electron chi connectivity index (χ4n) is 1.25. The average molecular weight is 236 g/mol. The van der Waals surface area contributed by atoms with Crippen molar-refractivity contribution in [2.75, 3.05) is 18.8 Å². The molecule has 0 aromatic carbocycles. The molecule has 0 saturated carbocycles. The van der Waals surface area contributed by atoms with Gasteiger partial charge < -0.3 is 5.73 Å².